The van der Waals surface area contributed by atoms with Crippen LogP contribution in [0.2, 0.25) is 0 Å². The van der Waals surface area contributed by atoms with Crippen LogP contribution in [0.5, 0.6) is 0 Å². The van der Waals surface area contributed by atoms with Gasteiger partial charge in [0.2, 0.25) is 12.1 Å². The van der Waals surface area contributed by atoms with Crippen LogP contribution in [0.4, 0.5) is 0 Å². The zero-order valence-electron chi connectivity index (χ0n) is 20.5. The fourth-order valence-electron chi connectivity index (χ4n) is 5.54. The molecule has 0 saturated carbocycles. The Morgan fingerprint density at radius 1 is 0.622 bits per heavy atom. The maximum Gasteiger partial charge on any atom is 0.403 e. The first kappa shape index (κ1) is 21.7. The van der Waals surface area contributed by atoms with E-state index in [-0.39, 0.29) is 12.1 Å². The molecule has 0 aliphatic carbocycles. The van der Waals surface area contributed by atoms with Gasteiger partial charge in [-0.1, -0.05) is 89.6 Å². The maximum absolute atomic E-state index is 6.61. The molecule has 37 heavy (non-hydrogen) atoms. The van der Waals surface area contributed by atoms with Crippen LogP contribution < -0.4 is 5.84 Å². The van der Waals surface area contributed by atoms with E-state index in [0.29, 0.717) is 19.1 Å². The van der Waals surface area contributed by atoms with Gasteiger partial charge >= 0.3 is 11.8 Å². The number of rotatable bonds is 4. The molecule has 182 valence electrons. The first-order valence-electron chi connectivity index (χ1n) is 12.5. The highest BCUT2D eigenvalue weighted by Gasteiger charge is 2.39. The van der Waals surface area contributed by atoms with Gasteiger partial charge in [0.15, 0.2) is 24.4 Å². The predicted octanol–water partition coefficient (Wildman–Crippen LogP) is 5.15. The monoisotopic (exact) mass is 489 g/mol. The Morgan fingerprint density at radius 2 is 1.14 bits per heavy atom. The SMILES string of the molecule is C[N+]1=C(c2cccc3c2oc2c(C4=[N+](N)[C@H](c5ccccc5)CO4)cccc23)OC[C@H]1c1ccccc1. The van der Waals surface area contributed by atoms with E-state index in [2.05, 4.69) is 72.3 Å². The molecule has 0 spiro atoms. The number of hydrazine groups is 1. The number of likely N-dealkylation sites (N-methyl/N-ethyl adjacent to an activating group) is 1. The van der Waals surface area contributed by atoms with Crippen molar-refractivity contribution in [1.29, 1.82) is 0 Å². The summed E-state index contributed by atoms with van der Waals surface area (Å²) in [6.07, 6.45) is 0. The lowest BCUT2D eigenvalue weighted by atomic mass is 10.1. The predicted molar refractivity (Wildman–Crippen MR) is 143 cm³/mol. The Kier molecular flexibility index (Phi) is 4.99. The van der Waals surface area contributed by atoms with Crippen LogP contribution in [-0.4, -0.2) is 41.3 Å². The zero-order valence-corrected chi connectivity index (χ0v) is 20.5. The summed E-state index contributed by atoms with van der Waals surface area (Å²) in [5.74, 6) is 8.02. The molecule has 2 atom stereocenters. The summed E-state index contributed by atoms with van der Waals surface area (Å²) < 4.78 is 22.9. The number of hydrogen-bond acceptors (Lipinski definition) is 4. The topological polar surface area (TPSA) is 63.6 Å². The highest BCUT2D eigenvalue weighted by atomic mass is 16.5. The Labute approximate surface area is 214 Å². The molecular formula is C31H27N3O3+2. The van der Waals surface area contributed by atoms with Gasteiger partial charge in [-0.25, -0.2) is 5.84 Å². The molecular weight excluding hydrogens is 462 g/mol. The lowest BCUT2D eigenvalue weighted by Gasteiger charge is -2.04. The van der Waals surface area contributed by atoms with Crippen LogP contribution in [0.15, 0.2) is 101 Å². The van der Waals surface area contributed by atoms with E-state index in [4.69, 9.17) is 19.7 Å². The minimum Gasteiger partial charge on any atom is -0.454 e. The summed E-state index contributed by atoms with van der Waals surface area (Å²) in [5.41, 5.74) is 5.67. The van der Waals surface area contributed by atoms with Crippen molar-refractivity contribution in [3.63, 3.8) is 0 Å². The van der Waals surface area contributed by atoms with E-state index in [1.807, 2.05) is 36.4 Å². The number of ether oxygens (including phenoxy) is 2. The second-order valence-electron chi connectivity index (χ2n) is 9.57. The molecule has 0 amide bonds. The summed E-state index contributed by atoms with van der Waals surface area (Å²) in [6.45, 7) is 1.07. The van der Waals surface area contributed by atoms with Crippen molar-refractivity contribution in [2.75, 3.05) is 20.3 Å². The molecule has 1 aromatic heterocycles. The van der Waals surface area contributed by atoms with Crippen molar-refractivity contribution in [1.82, 2.24) is 0 Å². The van der Waals surface area contributed by atoms with Gasteiger partial charge in [-0.05, 0) is 12.1 Å². The molecule has 2 N–H and O–H groups in total. The van der Waals surface area contributed by atoms with Crippen molar-refractivity contribution in [3.8, 4) is 0 Å². The number of para-hydroxylation sites is 2. The van der Waals surface area contributed by atoms with Gasteiger partial charge in [0.1, 0.15) is 18.2 Å². The number of fused-ring (bicyclic) bond motifs is 3. The van der Waals surface area contributed by atoms with Crippen molar-refractivity contribution in [3.05, 3.63) is 119 Å². The molecule has 6 heteroatoms. The van der Waals surface area contributed by atoms with Crippen LogP contribution >= 0.6 is 0 Å². The van der Waals surface area contributed by atoms with E-state index >= 15 is 0 Å². The molecule has 4 aromatic carbocycles. The molecule has 0 fully saturated rings. The van der Waals surface area contributed by atoms with Gasteiger partial charge in [-0.15, -0.1) is 0 Å². The summed E-state index contributed by atoms with van der Waals surface area (Å²) >= 11 is 0. The smallest absolute Gasteiger partial charge is 0.403 e. The molecule has 7 rings (SSSR count). The first-order chi connectivity index (χ1) is 18.2. The molecule has 0 radical (unpaired) electrons. The lowest BCUT2D eigenvalue weighted by Crippen LogP contribution is -2.27. The molecule has 2 aliphatic heterocycles. The zero-order chi connectivity index (χ0) is 24.9. The summed E-state index contributed by atoms with van der Waals surface area (Å²) in [5, 5.41) is 2.05. The second-order valence-corrected chi connectivity index (χ2v) is 9.57. The van der Waals surface area contributed by atoms with Gasteiger partial charge in [0.05, 0.1) is 0 Å². The molecule has 0 unspecified atom stereocenters. The Morgan fingerprint density at radius 3 is 1.76 bits per heavy atom. The van der Waals surface area contributed by atoms with E-state index in [1.54, 1.807) is 4.68 Å². The van der Waals surface area contributed by atoms with Crippen LogP contribution in [0, 0.1) is 0 Å². The molecule has 6 nitrogen and oxygen atoms in total. The van der Waals surface area contributed by atoms with Crippen LogP contribution in [0.1, 0.15) is 34.3 Å². The normalized spacial score (nSPS) is 19.6. The highest BCUT2D eigenvalue weighted by molar-refractivity contribution is 6.16. The number of benzene rings is 4. The highest BCUT2D eigenvalue weighted by Crippen LogP contribution is 2.36. The fourth-order valence-corrected chi connectivity index (χ4v) is 5.54. The maximum atomic E-state index is 6.61. The van der Waals surface area contributed by atoms with E-state index in [1.165, 1.54) is 5.56 Å². The number of hydrogen-bond donors (Lipinski definition) is 1. The second kappa shape index (κ2) is 8.52. The number of nitrogens with zero attached hydrogens (tertiary/aromatic N) is 2. The summed E-state index contributed by atoms with van der Waals surface area (Å²) in [7, 11) is 2.07. The van der Waals surface area contributed by atoms with Gasteiger partial charge < -0.3 is 13.9 Å². The third-order valence-corrected chi connectivity index (χ3v) is 7.47. The van der Waals surface area contributed by atoms with E-state index in [9.17, 15) is 0 Å². The van der Waals surface area contributed by atoms with Gasteiger partial charge in [-0.3, -0.25) is 0 Å². The number of furan rings is 1. The van der Waals surface area contributed by atoms with Crippen LogP contribution in [0.3, 0.4) is 0 Å². The average molecular weight is 490 g/mol. The van der Waals surface area contributed by atoms with Gasteiger partial charge in [0.25, 0.3) is 0 Å². The van der Waals surface area contributed by atoms with E-state index < -0.39 is 0 Å². The fraction of sp³-hybridized carbons (Fsp3) is 0.161. The number of hydrazone groups is 1. The van der Waals surface area contributed by atoms with Gasteiger partial charge in [0, 0.05) is 21.9 Å². The van der Waals surface area contributed by atoms with Crippen molar-refractivity contribution >= 4 is 33.7 Å². The molecule has 0 saturated heterocycles. The van der Waals surface area contributed by atoms with E-state index in [0.717, 1.165) is 44.5 Å². The van der Waals surface area contributed by atoms with Crippen LogP contribution in [0.25, 0.3) is 21.9 Å². The Balaban J connectivity index is 1.36. The molecule has 3 heterocycles. The first-order valence-corrected chi connectivity index (χ1v) is 12.5. The summed E-state index contributed by atoms with van der Waals surface area (Å²) in [4.78, 5) is 0. The Hall–Kier alpha value is -4.58. The van der Waals surface area contributed by atoms with Crippen molar-refractivity contribution < 1.29 is 23.2 Å². The molecule has 5 aromatic rings. The Bertz CT molecular complexity index is 1580. The molecule has 2 aliphatic rings. The standard InChI is InChI=1S/C31H27N3O3/c1-33-26(20-10-4-2-5-11-20)18-35-30(33)24-16-8-14-22-23-15-9-17-25(29(23)37-28(22)24)31-34(32)27(19-36-31)21-12-6-3-7-13-21/h2-17,26-27H,18-19,32H2,1H3/q+2/t26-,27-/m0/s1. The van der Waals surface area contributed by atoms with Gasteiger partial charge in [-0.2, -0.15) is 4.58 Å². The third kappa shape index (κ3) is 3.40. The van der Waals surface area contributed by atoms with Crippen LogP contribution in [-0.2, 0) is 9.47 Å². The quantitative estimate of drug-likeness (QED) is 0.280. The minimum absolute atomic E-state index is 0.0580. The molecule has 0 bridgehead atoms. The third-order valence-electron chi connectivity index (χ3n) is 7.47. The number of nitrogens with two attached hydrogens (primary N) is 1. The van der Waals surface area contributed by atoms with Crippen molar-refractivity contribution in [2.45, 2.75) is 12.1 Å². The largest absolute Gasteiger partial charge is 0.454 e. The lowest BCUT2D eigenvalue weighted by molar-refractivity contribution is -0.573. The minimum atomic E-state index is -0.0580. The average Bonchev–Trinajstić information content (AvgIpc) is 3.64. The van der Waals surface area contributed by atoms with Crippen molar-refractivity contribution in [2.24, 2.45) is 5.84 Å². The summed E-state index contributed by atoms with van der Waals surface area (Å²) in [6, 6.07) is 33.0.